The van der Waals surface area contributed by atoms with E-state index >= 15 is 0 Å². The van der Waals surface area contributed by atoms with Crippen LogP contribution in [0.5, 0.6) is 0 Å². The molecule has 76 valence electrons. The van der Waals surface area contributed by atoms with Crippen molar-refractivity contribution in [2.75, 3.05) is 6.26 Å². The first-order chi connectivity index (χ1) is 6.63. The second kappa shape index (κ2) is 3.55. The summed E-state index contributed by atoms with van der Waals surface area (Å²) in [5.41, 5.74) is 6.61. The second-order valence-corrected chi connectivity index (χ2v) is 4.88. The van der Waals surface area contributed by atoms with Gasteiger partial charge < -0.3 is 5.73 Å². The Morgan fingerprint density at radius 1 is 1.50 bits per heavy atom. The van der Waals surface area contributed by atoms with Gasteiger partial charge in [0.15, 0.2) is 0 Å². The molecule has 14 heavy (non-hydrogen) atoms. The van der Waals surface area contributed by atoms with Crippen molar-refractivity contribution < 1.29 is 4.39 Å². The fourth-order valence-electron chi connectivity index (χ4n) is 1.53. The van der Waals surface area contributed by atoms with Gasteiger partial charge >= 0.3 is 0 Å². The minimum absolute atomic E-state index is 0.113. The first-order valence-corrected chi connectivity index (χ1v) is 5.97. The van der Waals surface area contributed by atoms with Gasteiger partial charge in [-0.2, -0.15) is 0 Å². The summed E-state index contributed by atoms with van der Waals surface area (Å²) in [4.78, 5) is 1.10. The van der Waals surface area contributed by atoms with E-state index in [-0.39, 0.29) is 11.4 Å². The Kier molecular flexibility index (Phi) is 2.54. The van der Waals surface area contributed by atoms with Crippen LogP contribution >= 0.6 is 11.8 Å². The van der Waals surface area contributed by atoms with Crippen molar-refractivity contribution >= 4 is 11.8 Å². The zero-order chi connectivity index (χ0) is 10.2. The SMILES string of the molecule is CSc1ccc(F)c(CC2(N)CC2)c1. The van der Waals surface area contributed by atoms with E-state index in [9.17, 15) is 4.39 Å². The van der Waals surface area contributed by atoms with E-state index in [0.29, 0.717) is 6.42 Å². The van der Waals surface area contributed by atoms with Gasteiger partial charge in [0.05, 0.1) is 0 Å². The van der Waals surface area contributed by atoms with Crippen LogP contribution in [0.3, 0.4) is 0 Å². The zero-order valence-corrected chi connectivity index (χ0v) is 9.03. The number of rotatable bonds is 3. The van der Waals surface area contributed by atoms with Crippen LogP contribution in [0.1, 0.15) is 18.4 Å². The number of hydrogen-bond donors (Lipinski definition) is 1. The van der Waals surface area contributed by atoms with E-state index in [1.54, 1.807) is 17.8 Å². The van der Waals surface area contributed by atoms with Crippen molar-refractivity contribution in [3.8, 4) is 0 Å². The third kappa shape index (κ3) is 2.10. The molecule has 0 spiro atoms. The van der Waals surface area contributed by atoms with E-state index in [4.69, 9.17) is 5.73 Å². The Hall–Kier alpha value is -0.540. The fourth-order valence-corrected chi connectivity index (χ4v) is 1.99. The molecular weight excluding hydrogens is 197 g/mol. The molecule has 0 aliphatic heterocycles. The average molecular weight is 211 g/mol. The van der Waals surface area contributed by atoms with Gasteiger partial charge in [-0.1, -0.05) is 0 Å². The lowest BCUT2D eigenvalue weighted by Gasteiger charge is -2.10. The largest absolute Gasteiger partial charge is 0.325 e. The van der Waals surface area contributed by atoms with Crippen LogP contribution < -0.4 is 5.73 Å². The highest BCUT2D eigenvalue weighted by Crippen LogP contribution is 2.36. The Morgan fingerprint density at radius 2 is 2.21 bits per heavy atom. The molecule has 0 saturated heterocycles. The molecule has 0 unspecified atom stereocenters. The molecule has 2 N–H and O–H groups in total. The molecule has 1 fully saturated rings. The van der Waals surface area contributed by atoms with Gasteiger partial charge in [0.25, 0.3) is 0 Å². The van der Waals surface area contributed by atoms with Crippen molar-refractivity contribution in [3.63, 3.8) is 0 Å². The highest BCUT2D eigenvalue weighted by Gasteiger charge is 2.38. The molecule has 0 atom stereocenters. The molecule has 0 radical (unpaired) electrons. The molecule has 0 aromatic heterocycles. The summed E-state index contributed by atoms with van der Waals surface area (Å²) in [6.07, 6.45) is 4.71. The van der Waals surface area contributed by atoms with Crippen molar-refractivity contribution in [2.45, 2.75) is 29.7 Å². The van der Waals surface area contributed by atoms with Crippen LogP contribution in [0.15, 0.2) is 23.1 Å². The molecule has 0 amide bonds. The van der Waals surface area contributed by atoms with Crippen molar-refractivity contribution in [1.29, 1.82) is 0 Å². The zero-order valence-electron chi connectivity index (χ0n) is 8.22. The minimum Gasteiger partial charge on any atom is -0.325 e. The molecule has 3 heteroatoms. The molecular formula is C11H14FNS. The Balaban J connectivity index is 2.22. The third-order valence-corrected chi connectivity index (χ3v) is 3.41. The average Bonchev–Trinajstić information content (AvgIpc) is 2.88. The first-order valence-electron chi connectivity index (χ1n) is 4.74. The van der Waals surface area contributed by atoms with Crippen molar-refractivity contribution in [2.24, 2.45) is 5.73 Å². The van der Waals surface area contributed by atoms with Gasteiger partial charge in [0, 0.05) is 10.4 Å². The number of thioether (sulfide) groups is 1. The van der Waals surface area contributed by atoms with Gasteiger partial charge in [0.1, 0.15) is 5.82 Å². The van der Waals surface area contributed by atoms with E-state index in [1.165, 1.54) is 6.07 Å². The summed E-state index contributed by atoms with van der Waals surface area (Å²) < 4.78 is 13.4. The maximum Gasteiger partial charge on any atom is 0.126 e. The van der Waals surface area contributed by atoms with Gasteiger partial charge in [-0.05, 0) is 49.3 Å². The lowest BCUT2D eigenvalue weighted by atomic mass is 10.0. The maximum atomic E-state index is 13.4. The second-order valence-electron chi connectivity index (χ2n) is 4.00. The Bertz CT molecular complexity index is 347. The summed E-state index contributed by atoms with van der Waals surface area (Å²) in [6, 6.07) is 5.25. The highest BCUT2D eigenvalue weighted by atomic mass is 32.2. The molecule has 1 aromatic rings. The third-order valence-electron chi connectivity index (χ3n) is 2.69. The summed E-state index contributed by atoms with van der Waals surface area (Å²) in [7, 11) is 0. The van der Waals surface area contributed by atoms with Crippen LogP contribution in [-0.2, 0) is 6.42 Å². The molecule has 1 aliphatic rings. The van der Waals surface area contributed by atoms with Gasteiger partial charge in [-0.25, -0.2) is 4.39 Å². The monoisotopic (exact) mass is 211 g/mol. The number of nitrogens with two attached hydrogens (primary N) is 1. The van der Waals surface area contributed by atoms with Gasteiger partial charge in [-0.15, -0.1) is 11.8 Å². The number of halogens is 1. The lowest BCUT2D eigenvalue weighted by molar-refractivity contribution is 0.581. The molecule has 2 rings (SSSR count). The van der Waals surface area contributed by atoms with Crippen molar-refractivity contribution in [1.82, 2.24) is 0 Å². The number of benzene rings is 1. The fraction of sp³-hybridized carbons (Fsp3) is 0.455. The predicted octanol–water partition coefficient (Wildman–Crippen LogP) is 2.58. The van der Waals surface area contributed by atoms with Crippen LogP contribution in [0, 0.1) is 5.82 Å². The standard InChI is InChI=1S/C11H14FNS/c1-14-9-2-3-10(12)8(6-9)7-11(13)4-5-11/h2-3,6H,4-5,7,13H2,1H3. The summed E-state index contributed by atoms with van der Waals surface area (Å²) in [5, 5.41) is 0. The molecule has 1 aliphatic carbocycles. The quantitative estimate of drug-likeness (QED) is 0.778. The van der Waals surface area contributed by atoms with E-state index in [2.05, 4.69) is 0 Å². The normalized spacial score (nSPS) is 18.2. The Labute approximate surface area is 87.9 Å². The van der Waals surface area contributed by atoms with E-state index in [1.807, 2.05) is 12.3 Å². The molecule has 0 heterocycles. The van der Waals surface area contributed by atoms with Crippen LogP contribution in [0.4, 0.5) is 4.39 Å². The maximum absolute atomic E-state index is 13.4. The Morgan fingerprint density at radius 3 is 2.79 bits per heavy atom. The van der Waals surface area contributed by atoms with Crippen LogP contribution in [-0.4, -0.2) is 11.8 Å². The van der Waals surface area contributed by atoms with Crippen LogP contribution in [0.25, 0.3) is 0 Å². The van der Waals surface area contributed by atoms with E-state index < -0.39 is 0 Å². The molecule has 1 aromatic carbocycles. The van der Waals surface area contributed by atoms with Crippen LogP contribution in [0.2, 0.25) is 0 Å². The highest BCUT2D eigenvalue weighted by molar-refractivity contribution is 7.98. The minimum atomic E-state index is -0.125. The summed E-state index contributed by atoms with van der Waals surface area (Å²) in [6.45, 7) is 0. The lowest BCUT2D eigenvalue weighted by Crippen LogP contribution is -2.25. The number of hydrogen-bond acceptors (Lipinski definition) is 2. The summed E-state index contributed by atoms with van der Waals surface area (Å²) >= 11 is 1.63. The topological polar surface area (TPSA) is 26.0 Å². The molecule has 1 nitrogen and oxygen atoms in total. The van der Waals surface area contributed by atoms with Crippen molar-refractivity contribution in [3.05, 3.63) is 29.6 Å². The smallest absolute Gasteiger partial charge is 0.126 e. The van der Waals surface area contributed by atoms with E-state index in [0.717, 1.165) is 23.3 Å². The van der Waals surface area contributed by atoms with Gasteiger partial charge in [0.2, 0.25) is 0 Å². The van der Waals surface area contributed by atoms with Gasteiger partial charge in [-0.3, -0.25) is 0 Å². The molecule has 0 bridgehead atoms. The summed E-state index contributed by atoms with van der Waals surface area (Å²) in [5.74, 6) is -0.125. The predicted molar refractivity (Wildman–Crippen MR) is 58.0 cm³/mol. The first kappa shape index (κ1) is 9.99. The molecule has 1 saturated carbocycles.